The second-order valence-electron chi connectivity index (χ2n) is 6.71. The van der Waals surface area contributed by atoms with E-state index in [4.69, 9.17) is 9.47 Å². The Bertz CT molecular complexity index is 453. The third-order valence-electron chi connectivity index (χ3n) is 4.73. The zero-order valence-electron chi connectivity index (χ0n) is 15.0. The predicted molar refractivity (Wildman–Crippen MR) is 107 cm³/mol. The molecule has 2 atom stereocenters. The summed E-state index contributed by atoms with van der Waals surface area (Å²) < 4.78 is 11.7. The lowest BCUT2D eigenvalue weighted by Gasteiger charge is -2.37. The number of nitrogens with zero attached hydrogens (tertiary/aromatic N) is 2. The highest BCUT2D eigenvalue weighted by Gasteiger charge is 2.32. The zero-order valence-corrected chi connectivity index (χ0v) is 17.4. The molecule has 2 unspecified atom stereocenters. The topological polar surface area (TPSA) is 75.2 Å². The normalized spacial score (nSPS) is 26.9. The second kappa shape index (κ2) is 10.5. The molecule has 2 saturated heterocycles. The minimum absolute atomic E-state index is 0. The molecule has 3 fully saturated rings. The molecule has 0 bridgehead atoms. The molecule has 1 amide bonds. The first kappa shape index (κ1) is 20.7. The zero-order chi connectivity index (χ0) is 16.8. The highest BCUT2D eigenvalue weighted by molar-refractivity contribution is 14.0. The Labute approximate surface area is 167 Å². The summed E-state index contributed by atoms with van der Waals surface area (Å²) in [7, 11) is 0. The number of amides is 1. The number of aliphatic imine (C=N–C) groups is 1. The summed E-state index contributed by atoms with van der Waals surface area (Å²) in [6, 6.07) is 0. The molecule has 8 heteroatoms. The number of ether oxygens (including phenoxy) is 2. The molecule has 0 aromatic heterocycles. The lowest BCUT2D eigenvalue weighted by Crippen LogP contribution is -2.53. The first-order valence-electron chi connectivity index (χ1n) is 9.32. The molecule has 1 aliphatic carbocycles. The first-order chi connectivity index (χ1) is 11.8. The number of hydrogen-bond donors (Lipinski definition) is 2. The average Bonchev–Trinajstić information content (AvgIpc) is 3.32. The van der Waals surface area contributed by atoms with Gasteiger partial charge in [0.2, 0.25) is 5.91 Å². The minimum atomic E-state index is 0. The number of halogens is 1. The van der Waals surface area contributed by atoms with Crippen LogP contribution in [-0.2, 0) is 14.3 Å². The lowest BCUT2D eigenvalue weighted by molar-refractivity contribution is -0.122. The van der Waals surface area contributed by atoms with E-state index in [1.807, 2.05) is 0 Å². The molecular weight excluding hydrogens is 435 g/mol. The molecule has 0 radical (unpaired) electrons. The van der Waals surface area contributed by atoms with Gasteiger partial charge in [-0.15, -0.1) is 24.0 Å². The number of hydrogen-bond acceptors (Lipinski definition) is 4. The smallest absolute Gasteiger partial charge is 0.223 e. The molecular formula is C17H31IN4O3. The van der Waals surface area contributed by atoms with Crippen LogP contribution in [0, 0.1) is 5.92 Å². The van der Waals surface area contributed by atoms with Gasteiger partial charge in [-0.1, -0.05) is 0 Å². The molecule has 0 spiro atoms. The summed E-state index contributed by atoms with van der Waals surface area (Å²) in [5.74, 6) is 1.35. The standard InChI is InChI=1S/C17H30N4O3.HI/c1-2-18-17(20-8-7-19-16(22)13-5-6-13)21-9-11-24-15(12-21)14-4-3-10-23-14;/h13-15H,2-12H2,1H3,(H,18,20)(H,19,22);1H. The summed E-state index contributed by atoms with van der Waals surface area (Å²) in [6.07, 6.45) is 4.62. The van der Waals surface area contributed by atoms with Crippen molar-refractivity contribution in [2.75, 3.05) is 45.9 Å². The molecule has 2 heterocycles. The molecule has 25 heavy (non-hydrogen) atoms. The quantitative estimate of drug-likeness (QED) is 0.264. The molecule has 7 nitrogen and oxygen atoms in total. The van der Waals surface area contributed by atoms with Crippen molar-refractivity contribution >= 4 is 35.8 Å². The van der Waals surface area contributed by atoms with Crippen LogP contribution in [0.2, 0.25) is 0 Å². The third kappa shape index (κ3) is 6.25. The first-order valence-corrected chi connectivity index (χ1v) is 9.32. The van der Waals surface area contributed by atoms with Crippen LogP contribution in [0.3, 0.4) is 0 Å². The molecule has 1 saturated carbocycles. The van der Waals surface area contributed by atoms with E-state index in [0.717, 1.165) is 57.9 Å². The minimum Gasteiger partial charge on any atom is -0.375 e. The van der Waals surface area contributed by atoms with Crippen molar-refractivity contribution in [3.63, 3.8) is 0 Å². The van der Waals surface area contributed by atoms with E-state index >= 15 is 0 Å². The summed E-state index contributed by atoms with van der Waals surface area (Å²) >= 11 is 0. The third-order valence-corrected chi connectivity index (χ3v) is 4.73. The molecule has 2 aliphatic heterocycles. The molecule has 144 valence electrons. The van der Waals surface area contributed by atoms with Crippen molar-refractivity contribution in [1.82, 2.24) is 15.5 Å². The van der Waals surface area contributed by atoms with Crippen molar-refractivity contribution in [3.8, 4) is 0 Å². The van der Waals surface area contributed by atoms with Crippen LogP contribution in [0.25, 0.3) is 0 Å². The van der Waals surface area contributed by atoms with Crippen LogP contribution in [0.5, 0.6) is 0 Å². The van der Waals surface area contributed by atoms with Crippen molar-refractivity contribution < 1.29 is 14.3 Å². The maximum absolute atomic E-state index is 11.7. The largest absolute Gasteiger partial charge is 0.375 e. The SMILES string of the molecule is CCNC(=NCCNC(=O)C1CC1)N1CCOC(C2CCCO2)C1.I. The maximum Gasteiger partial charge on any atom is 0.223 e. The Morgan fingerprint density at radius 3 is 2.64 bits per heavy atom. The Hall–Kier alpha value is -0.610. The van der Waals surface area contributed by atoms with Gasteiger partial charge in [0.1, 0.15) is 6.10 Å². The Morgan fingerprint density at radius 2 is 1.96 bits per heavy atom. The summed E-state index contributed by atoms with van der Waals surface area (Å²) in [5, 5.41) is 6.32. The van der Waals surface area contributed by atoms with Crippen molar-refractivity contribution in [2.24, 2.45) is 10.9 Å². The Balaban J connectivity index is 0.00000225. The van der Waals surface area contributed by atoms with E-state index in [0.29, 0.717) is 19.7 Å². The predicted octanol–water partition coefficient (Wildman–Crippen LogP) is 0.976. The van der Waals surface area contributed by atoms with E-state index in [-0.39, 0.29) is 48.0 Å². The number of guanidine groups is 1. The van der Waals surface area contributed by atoms with Gasteiger partial charge in [-0.2, -0.15) is 0 Å². The number of nitrogens with one attached hydrogen (secondary N) is 2. The highest BCUT2D eigenvalue weighted by Crippen LogP contribution is 2.28. The monoisotopic (exact) mass is 466 g/mol. The van der Waals surface area contributed by atoms with Crippen LogP contribution in [0.1, 0.15) is 32.6 Å². The summed E-state index contributed by atoms with van der Waals surface area (Å²) in [6.45, 7) is 7.30. The fraction of sp³-hybridized carbons (Fsp3) is 0.882. The molecule has 2 N–H and O–H groups in total. The number of carbonyl (C=O) groups excluding carboxylic acids is 1. The van der Waals surface area contributed by atoms with E-state index in [2.05, 4.69) is 27.4 Å². The van der Waals surface area contributed by atoms with E-state index in [1.165, 1.54) is 0 Å². The van der Waals surface area contributed by atoms with Gasteiger partial charge < -0.3 is 25.0 Å². The number of morpholine rings is 1. The van der Waals surface area contributed by atoms with Crippen LogP contribution in [0.4, 0.5) is 0 Å². The van der Waals surface area contributed by atoms with Crippen LogP contribution >= 0.6 is 24.0 Å². The molecule has 0 aromatic carbocycles. The Morgan fingerprint density at radius 1 is 1.16 bits per heavy atom. The van der Waals surface area contributed by atoms with Crippen LogP contribution < -0.4 is 10.6 Å². The number of rotatable bonds is 6. The second-order valence-corrected chi connectivity index (χ2v) is 6.71. The van der Waals surface area contributed by atoms with Crippen molar-refractivity contribution in [3.05, 3.63) is 0 Å². The van der Waals surface area contributed by atoms with Gasteiger partial charge in [-0.3, -0.25) is 9.79 Å². The van der Waals surface area contributed by atoms with E-state index < -0.39 is 0 Å². The van der Waals surface area contributed by atoms with Crippen LogP contribution in [0.15, 0.2) is 4.99 Å². The van der Waals surface area contributed by atoms with Gasteiger partial charge in [0.25, 0.3) is 0 Å². The van der Waals surface area contributed by atoms with Gasteiger partial charge in [0, 0.05) is 38.7 Å². The van der Waals surface area contributed by atoms with Crippen LogP contribution in [-0.4, -0.2) is 74.9 Å². The fourth-order valence-corrected chi connectivity index (χ4v) is 3.25. The van der Waals surface area contributed by atoms with Gasteiger partial charge in [-0.05, 0) is 32.6 Å². The van der Waals surface area contributed by atoms with E-state index in [9.17, 15) is 4.79 Å². The summed E-state index contributed by atoms with van der Waals surface area (Å²) in [4.78, 5) is 18.6. The van der Waals surface area contributed by atoms with Crippen molar-refractivity contribution in [2.45, 2.75) is 44.8 Å². The highest BCUT2D eigenvalue weighted by atomic mass is 127. The average molecular weight is 466 g/mol. The lowest BCUT2D eigenvalue weighted by atomic mass is 10.1. The molecule has 3 aliphatic rings. The van der Waals surface area contributed by atoms with E-state index in [1.54, 1.807) is 0 Å². The van der Waals surface area contributed by atoms with Gasteiger partial charge >= 0.3 is 0 Å². The maximum atomic E-state index is 11.7. The summed E-state index contributed by atoms with van der Waals surface area (Å²) in [5.41, 5.74) is 0. The number of carbonyl (C=O) groups is 1. The fourth-order valence-electron chi connectivity index (χ4n) is 3.25. The molecule has 3 rings (SSSR count). The Kier molecular flexibility index (Phi) is 8.71. The van der Waals surface area contributed by atoms with Crippen molar-refractivity contribution in [1.29, 1.82) is 0 Å². The van der Waals surface area contributed by atoms with Gasteiger partial charge in [-0.25, -0.2) is 0 Å². The van der Waals surface area contributed by atoms with Gasteiger partial charge in [0.15, 0.2) is 5.96 Å². The molecule has 0 aromatic rings. The van der Waals surface area contributed by atoms with Gasteiger partial charge in [0.05, 0.1) is 19.3 Å².